The zero-order valence-corrected chi connectivity index (χ0v) is 22.9. The Kier molecular flexibility index (Phi) is 7.23. The molecule has 2 aromatic carbocycles. The SMILES string of the molecule is COc1cc(N2CCN(C3CCN(c4cc(F)cc5c(OC)cc(C(F)(F)F)nc45)CC3)CC2)c2ncccc2c1. The second-order valence-electron chi connectivity index (χ2n) is 10.5. The smallest absolute Gasteiger partial charge is 0.433 e. The minimum atomic E-state index is -4.64. The van der Waals surface area contributed by atoms with Crippen LogP contribution in [-0.4, -0.2) is 74.4 Å². The van der Waals surface area contributed by atoms with E-state index >= 15 is 0 Å². The zero-order chi connectivity index (χ0) is 28.7. The molecule has 7 nitrogen and oxygen atoms in total. The van der Waals surface area contributed by atoms with E-state index in [0.717, 1.165) is 67.4 Å². The van der Waals surface area contributed by atoms with E-state index in [-0.39, 0.29) is 16.7 Å². The van der Waals surface area contributed by atoms with E-state index in [2.05, 4.69) is 19.8 Å². The number of hydrogen-bond donors (Lipinski definition) is 0. The summed E-state index contributed by atoms with van der Waals surface area (Å²) in [6.07, 6.45) is -1.20. The van der Waals surface area contributed by atoms with Crippen molar-refractivity contribution in [2.24, 2.45) is 0 Å². The van der Waals surface area contributed by atoms with Gasteiger partial charge >= 0.3 is 6.18 Å². The number of nitrogens with zero attached hydrogens (tertiary/aromatic N) is 5. The van der Waals surface area contributed by atoms with Gasteiger partial charge in [0.05, 0.1) is 36.6 Å². The van der Waals surface area contributed by atoms with Crippen molar-refractivity contribution in [2.45, 2.75) is 25.1 Å². The molecule has 0 bridgehead atoms. The second kappa shape index (κ2) is 10.8. The van der Waals surface area contributed by atoms with Crippen LogP contribution in [0.5, 0.6) is 11.5 Å². The van der Waals surface area contributed by atoms with Crippen molar-refractivity contribution in [3.05, 3.63) is 60.2 Å². The lowest BCUT2D eigenvalue weighted by Crippen LogP contribution is -2.53. The van der Waals surface area contributed by atoms with Gasteiger partial charge in [-0.15, -0.1) is 0 Å². The molecular formula is C30H31F4N5O2. The second-order valence-corrected chi connectivity index (χ2v) is 10.5. The molecule has 2 saturated heterocycles. The first-order valence-electron chi connectivity index (χ1n) is 13.7. The number of pyridine rings is 2. The van der Waals surface area contributed by atoms with Crippen LogP contribution in [0.15, 0.2) is 48.7 Å². The average Bonchev–Trinajstić information content (AvgIpc) is 2.99. The van der Waals surface area contributed by atoms with Gasteiger partial charge in [-0.1, -0.05) is 6.07 Å². The highest BCUT2D eigenvalue weighted by molar-refractivity contribution is 5.95. The number of fused-ring (bicyclic) bond motifs is 2. The Balaban J connectivity index is 1.16. The number of anilines is 2. The van der Waals surface area contributed by atoms with E-state index in [1.165, 1.54) is 19.2 Å². The number of piperazine rings is 1. The lowest BCUT2D eigenvalue weighted by molar-refractivity contribution is -0.141. The molecule has 4 aromatic rings. The maximum Gasteiger partial charge on any atom is 0.433 e. The van der Waals surface area contributed by atoms with E-state index in [4.69, 9.17) is 9.47 Å². The highest BCUT2D eigenvalue weighted by Gasteiger charge is 2.35. The Hall–Kier alpha value is -3.86. The van der Waals surface area contributed by atoms with Gasteiger partial charge < -0.3 is 19.3 Å². The third kappa shape index (κ3) is 5.30. The Morgan fingerprint density at radius 3 is 2.22 bits per heavy atom. The van der Waals surface area contributed by atoms with Crippen molar-refractivity contribution >= 4 is 33.2 Å². The molecule has 6 rings (SSSR count). The molecule has 4 heterocycles. The number of aromatic nitrogens is 2. The summed E-state index contributed by atoms with van der Waals surface area (Å²) >= 11 is 0. The highest BCUT2D eigenvalue weighted by Crippen LogP contribution is 2.39. The van der Waals surface area contributed by atoms with Crippen molar-refractivity contribution in [3.63, 3.8) is 0 Å². The minimum absolute atomic E-state index is 0.0464. The number of halogens is 4. The van der Waals surface area contributed by atoms with Crippen LogP contribution in [0.4, 0.5) is 28.9 Å². The van der Waals surface area contributed by atoms with Gasteiger partial charge in [-0.2, -0.15) is 13.2 Å². The third-order valence-electron chi connectivity index (χ3n) is 8.20. The van der Waals surface area contributed by atoms with Crippen molar-refractivity contribution < 1.29 is 27.0 Å². The van der Waals surface area contributed by atoms with E-state index in [1.54, 1.807) is 13.3 Å². The summed E-state index contributed by atoms with van der Waals surface area (Å²) in [6, 6.07) is 11.6. The maximum atomic E-state index is 14.6. The predicted octanol–water partition coefficient (Wildman–Crippen LogP) is 5.75. The minimum Gasteiger partial charge on any atom is -0.497 e. The fraction of sp³-hybridized carbons (Fsp3) is 0.400. The van der Waals surface area contributed by atoms with Crippen LogP contribution < -0.4 is 19.3 Å². The van der Waals surface area contributed by atoms with Crippen LogP contribution in [0.2, 0.25) is 0 Å². The standard InChI is InChI=1S/C30H31F4N5O2/c1-40-22-14-19-4-3-7-35-28(19)25(17-22)39-12-10-37(11-13-39)21-5-8-38(9-6-21)24-16-20(31)15-23-26(41-2)18-27(30(32,33)34)36-29(23)24/h3-4,7,14-18,21H,5-6,8-13H2,1-2H3. The van der Waals surface area contributed by atoms with E-state index in [9.17, 15) is 17.6 Å². The Morgan fingerprint density at radius 2 is 1.54 bits per heavy atom. The number of methoxy groups -OCH3 is 2. The molecule has 0 saturated carbocycles. The Bertz CT molecular complexity index is 1560. The number of piperidine rings is 1. The largest absolute Gasteiger partial charge is 0.497 e. The molecule has 41 heavy (non-hydrogen) atoms. The van der Waals surface area contributed by atoms with Gasteiger partial charge in [-0.25, -0.2) is 9.37 Å². The average molecular weight is 570 g/mol. The van der Waals surface area contributed by atoms with E-state index in [1.807, 2.05) is 29.2 Å². The first kappa shape index (κ1) is 27.3. The summed E-state index contributed by atoms with van der Waals surface area (Å²) in [5.41, 5.74) is 1.43. The van der Waals surface area contributed by atoms with Crippen molar-refractivity contribution in [1.29, 1.82) is 0 Å². The van der Waals surface area contributed by atoms with Gasteiger partial charge in [-0.05, 0) is 37.1 Å². The van der Waals surface area contributed by atoms with Crippen LogP contribution in [0.25, 0.3) is 21.8 Å². The summed E-state index contributed by atoms with van der Waals surface area (Å²) < 4.78 is 66.1. The summed E-state index contributed by atoms with van der Waals surface area (Å²) in [4.78, 5) is 15.3. The third-order valence-corrected chi connectivity index (χ3v) is 8.20. The summed E-state index contributed by atoms with van der Waals surface area (Å²) in [6.45, 7) is 4.64. The molecule has 2 fully saturated rings. The first-order valence-corrected chi connectivity index (χ1v) is 13.7. The molecule has 0 radical (unpaired) electrons. The summed E-state index contributed by atoms with van der Waals surface area (Å²) in [5, 5.41) is 1.27. The molecule has 0 amide bonds. The number of hydrogen-bond acceptors (Lipinski definition) is 7. The fourth-order valence-electron chi connectivity index (χ4n) is 6.11. The molecule has 0 N–H and O–H groups in total. The summed E-state index contributed by atoms with van der Waals surface area (Å²) in [5.74, 6) is 0.217. The Labute approximate surface area is 235 Å². The molecule has 0 unspecified atom stereocenters. The molecular weight excluding hydrogens is 538 g/mol. The number of alkyl halides is 3. The van der Waals surface area contributed by atoms with Crippen LogP contribution in [0.3, 0.4) is 0 Å². The molecule has 0 spiro atoms. The van der Waals surface area contributed by atoms with Crippen molar-refractivity contribution in [2.75, 3.05) is 63.3 Å². The molecule has 2 aliphatic heterocycles. The quantitative estimate of drug-likeness (QED) is 0.284. The lowest BCUT2D eigenvalue weighted by atomic mass is 10.0. The molecule has 0 aliphatic carbocycles. The van der Waals surface area contributed by atoms with Crippen molar-refractivity contribution in [3.8, 4) is 11.5 Å². The van der Waals surface area contributed by atoms with Crippen LogP contribution >= 0.6 is 0 Å². The van der Waals surface area contributed by atoms with Gasteiger partial charge in [0, 0.05) is 74.4 Å². The fourth-order valence-corrected chi connectivity index (χ4v) is 6.11. The highest BCUT2D eigenvalue weighted by atomic mass is 19.4. The maximum absolute atomic E-state index is 14.6. The monoisotopic (exact) mass is 569 g/mol. The van der Waals surface area contributed by atoms with Crippen LogP contribution in [-0.2, 0) is 6.18 Å². The van der Waals surface area contributed by atoms with Gasteiger partial charge in [-0.3, -0.25) is 9.88 Å². The van der Waals surface area contributed by atoms with Gasteiger partial charge in [0.25, 0.3) is 0 Å². The lowest BCUT2D eigenvalue weighted by Gasteiger charge is -2.44. The number of rotatable bonds is 5. The normalized spacial score (nSPS) is 17.4. The van der Waals surface area contributed by atoms with E-state index in [0.29, 0.717) is 24.8 Å². The zero-order valence-electron chi connectivity index (χ0n) is 22.9. The topological polar surface area (TPSA) is 54.0 Å². The van der Waals surface area contributed by atoms with E-state index < -0.39 is 17.7 Å². The Morgan fingerprint density at radius 1 is 0.829 bits per heavy atom. The van der Waals surface area contributed by atoms with Gasteiger partial charge in [0.2, 0.25) is 0 Å². The summed E-state index contributed by atoms with van der Waals surface area (Å²) in [7, 11) is 2.94. The van der Waals surface area contributed by atoms with Gasteiger partial charge in [0.15, 0.2) is 0 Å². The predicted molar refractivity (Wildman–Crippen MR) is 151 cm³/mol. The molecule has 2 aliphatic rings. The first-order chi connectivity index (χ1) is 19.7. The number of benzene rings is 2. The van der Waals surface area contributed by atoms with Crippen molar-refractivity contribution in [1.82, 2.24) is 14.9 Å². The van der Waals surface area contributed by atoms with Crippen LogP contribution in [0, 0.1) is 5.82 Å². The molecule has 216 valence electrons. The molecule has 11 heteroatoms. The van der Waals surface area contributed by atoms with Crippen LogP contribution in [0.1, 0.15) is 18.5 Å². The molecule has 2 aromatic heterocycles. The molecule has 0 atom stereocenters. The number of ether oxygens (including phenoxy) is 2. The van der Waals surface area contributed by atoms with Gasteiger partial charge in [0.1, 0.15) is 23.0 Å².